The van der Waals surface area contributed by atoms with Crippen molar-refractivity contribution in [3.05, 3.63) is 131 Å². The van der Waals surface area contributed by atoms with Gasteiger partial charge in [0.05, 0.1) is 55.3 Å². The normalized spacial score (nSPS) is 15.8. The average molecular weight is 804 g/mol. The number of urea groups is 2. The number of nitrogens with zero attached hydrogens (tertiary/aromatic N) is 4. The van der Waals surface area contributed by atoms with Gasteiger partial charge in [-0.15, -0.1) is 0 Å². The van der Waals surface area contributed by atoms with Gasteiger partial charge in [-0.3, -0.25) is 14.6 Å². The number of hydrogen-bond donors (Lipinski definition) is 1. The quantitative estimate of drug-likeness (QED) is 0.192. The molecule has 4 aromatic rings. The molecule has 0 atom stereocenters. The van der Waals surface area contributed by atoms with Crippen LogP contribution in [0.15, 0.2) is 109 Å². The van der Waals surface area contributed by atoms with Gasteiger partial charge in [-0.25, -0.2) is 31.2 Å². The van der Waals surface area contributed by atoms with Crippen LogP contribution in [0.4, 0.5) is 21.0 Å². The van der Waals surface area contributed by atoms with Crippen LogP contribution in [0.25, 0.3) is 0 Å². The van der Waals surface area contributed by atoms with E-state index in [2.05, 4.69) is 0 Å². The molecule has 0 aromatic heterocycles. The molecule has 0 unspecified atom stereocenters. The smallest absolute Gasteiger partial charge is 0.337 e. The summed E-state index contributed by atoms with van der Waals surface area (Å²) >= 11 is 0. The maximum atomic E-state index is 13.1. The highest BCUT2D eigenvalue weighted by molar-refractivity contribution is 7.91. The Labute approximate surface area is 327 Å². The predicted molar refractivity (Wildman–Crippen MR) is 214 cm³/mol. The third-order valence-electron chi connectivity index (χ3n) is 9.35. The van der Waals surface area contributed by atoms with Crippen LogP contribution in [-0.4, -0.2) is 113 Å². The van der Waals surface area contributed by atoms with Crippen molar-refractivity contribution in [1.82, 2.24) is 9.80 Å². The molecule has 2 saturated heterocycles. The lowest BCUT2D eigenvalue weighted by Gasteiger charge is -2.33. The standard InChI is InChI=1S/C20H23N3O4S.C20H22N2O5S/c21-14-19(24)17-8-6-16(7-9-17)15-23(18-4-2-1-3-5-18)20(25)22-10-12-28(26,27)13-11-22;1-27-19(23)17-9-7-16(8-10-17)15-22(18-5-3-2-4-6-18)20(24)21-11-13-28(25,26)14-12-21/h1-9H,10-15,21H2;2-10H,11-15H2,1H3. The van der Waals surface area contributed by atoms with Gasteiger partial charge in [-0.1, -0.05) is 72.8 Å². The predicted octanol–water partition coefficient (Wildman–Crippen LogP) is 4.02. The van der Waals surface area contributed by atoms with Crippen LogP contribution in [0.3, 0.4) is 0 Å². The van der Waals surface area contributed by atoms with Crippen molar-refractivity contribution in [2.75, 3.05) is 72.6 Å². The molecular formula is C40H45N5O9S2. The molecule has 2 fully saturated rings. The molecule has 4 amide bonds. The van der Waals surface area contributed by atoms with Gasteiger partial charge in [-0.05, 0) is 47.5 Å². The van der Waals surface area contributed by atoms with E-state index in [9.17, 15) is 36.0 Å². The average Bonchev–Trinajstić information content (AvgIpc) is 3.22. The summed E-state index contributed by atoms with van der Waals surface area (Å²) in [6.45, 7) is 1.31. The van der Waals surface area contributed by atoms with Crippen LogP contribution >= 0.6 is 0 Å². The van der Waals surface area contributed by atoms with Gasteiger partial charge in [-0.2, -0.15) is 0 Å². The molecule has 6 rings (SSSR count). The minimum atomic E-state index is -3.07. The summed E-state index contributed by atoms with van der Waals surface area (Å²) in [5.74, 6) is -0.631. The molecule has 4 aromatic carbocycles. The van der Waals surface area contributed by atoms with Gasteiger partial charge < -0.3 is 20.3 Å². The second-order valence-corrected chi connectivity index (χ2v) is 17.8. The van der Waals surface area contributed by atoms with Gasteiger partial charge in [0.25, 0.3) is 0 Å². The van der Waals surface area contributed by atoms with Crippen molar-refractivity contribution >= 4 is 54.9 Å². The van der Waals surface area contributed by atoms with E-state index in [0.29, 0.717) is 24.2 Å². The molecule has 2 heterocycles. The highest BCUT2D eigenvalue weighted by Gasteiger charge is 2.30. The highest BCUT2D eigenvalue weighted by atomic mass is 32.2. The van der Waals surface area contributed by atoms with Gasteiger partial charge in [0.1, 0.15) is 0 Å². The SMILES string of the molecule is COC(=O)c1ccc(CN(C(=O)N2CCS(=O)(=O)CC2)c2ccccc2)cc1.NCC(=O)c1ccc(CN(C(=O)N2CCS(=O)(=O)CC2)c2ccccc2)cc1. The molecule has 2 aliphatic rings. The van der Waals surface area contributed by atoms with E-state index in [1.165, 1.54) is 7.11 Å². The van der Waals surface area contributed by atoms with Crippen molar-refractivity contribution in [2.24, 2.45) is 5.73 Å². The first-order valence-corrected chi connectivity index (χ1v) is 21.6. The van der Waals surface area contributed by atoms with E-state index in [1.54, 1.807) is 68.1 Å². The van der Waals surface area contributed by atoms with Crippen LogP contribution in [-0.2, 0) is 37.5 Å². The van der Waals surface area contributed by atoms with E-state index in [0.717, 1.165) is 22.5 Å². The van der Waals surface area contributed by atoms with E-state index in [4.69, 9.17) is 10.5 Å². The molecular weight excluding hydrogens is 759 g/mol. The number of methoxy groups -OCH3 is 1. The molecule has 56 heavy (non-hydrogen) atoms. The Morgan fingerprint density at radius 1 is 0.571 bits per heavy atom. The van der Waals surface area contributed by atoms with Crippen LogP contribution < -0.4 is 15.5 Å². The summed E-state index contributed by atoms with van der Waals surface area (Å²) in [7, 11) is -4.81. The van der Waals surface area contributed by atoms with Crippen molar-refractivity contribution in [3.8, 4) is 0 Å². The maximum absolute atomic E-state index is 13.1. The summed E-state index contributed by atoms with van der Waals surface area (Å²) in [4.78, 5) is 55.9. The maximum Gasteiger partial charge on any atom is 0.337 e. The zero-order chi connectivity index (χ0) is 40.3. The van der Waals surface area contributed by atoms with Crippen molar-refractivity contribution in [1.29, 1.82) is 0 Å². The third-order valence-corrected chi connectivity index (χ3v) is 12.6. The lowest BCUT2D eigenvalue weighted by Crippen LogP contribution is -2.49. The number of anilines is 2. The fourth-order valence-electron chi connectivity index (χ4n) is 6.05. The molecule has 0 aliphatic carbocycles. The van der Waals surface area contributed by atoms with Crippen molar-refractivity contribution in [2.45, 2.75) is 13.1 Å². The van der Waals surface area contributed by atoms with Crippen LogP contribution in [0.5, 0.6) is 0 Å². The zero-order valence-electron chi connectivity index (χ0n) is 31.0. The van der Waals surface area contributed by atoms with Gasteiger partial charge in [0.15, 0.2) is 25.5 Å². The molecule has 16 heteroatoms. The minimum Gasteiger partial charge on any atom is -0.465 e. The van der Waals surface area contributed by atoms with Gasteiger partial charge >= 0.3 is 18.0 Å². The number of nitrogens with two attached hydrogens (primary N) is 1. The van der Waals surface area contributed by atoms with E-state index < -0.39 is 25.6 Å². The molecule has 2 aliphatic heterocycles. The largest absolute Gasteiger partial charge is 0.465 e. The number of rotatable bonds is 9. The summed E-state index contributed by atoms with van der Waals surface area (Å²) in [5, 5.41) is 0. The lowest BCUT2D eigenvalue weighted by atomic mass is 10.1. The van der Waals surface area contributed by atoms with E-state index in [-0.39, 0.29) is 73.6 Å². The molecule has 0 radical (unpaired) electrons. The number of carbonyl (C=O) groups excluding carboxylic acids is 4. The molecule has 14 nitrogen and oxygen atoms in total. The second-order valence-electron chi connectivity index (χ2n) is 13.2. The Morgan fingerprint density at radius 3 is 1.27 bits per heavy atom. The fourth-order valence-corrected chi connectivity index (χ4v) is 8.45. The monoisotopic (exact) mass is 803 g/mol. The first-order valence-electron chi connectivity index (χ1n) is 17.9. The van der Waals surface area contributed by atoms with E-state index in [1.807, 2.05) is 60.7 Å². The first kappa shape index (κ1) is 41.6. The highest BCUT2D eigenvalue weighted by Crippen LogP contribution is 2.22. The number of para-hydroxylation sites is 2. The molecule has 0 saturated carbocycles. The molecule has 296 valence electrons. The van der Waals surface area contributed by atoms with Crippen LogP contribution in [0.2, 0.25) is 0 Å². The number of Topliss-reactive ketones (excluding diaryl/α,β-unsaturated/α-hetero) is 1. The Morgan fingerprint density at radius 2 is 0.929 bits per heavy atom. The zero-order valence-corrected chi connectivity index (χ0v) is 32.7. The minimum absolute atomic E-state index is 0.0166. The van der Waals surface area contributed by atoms with Crippen LogP contribution in [0.1, 0.15) is 31.8 Å². The Bertz CT molecular complexity index is 2020. The molecule has 0 bridgehead atoms. The Balaban J connectivity index is 0.000000214. The number of amides is 4. The van der Waals surface area contributed by atoms with Crippen LogP contribution in [0, 0.1) is 0 Å². The number of benzene rings is 4. The van der Waals surface area contributed by atoms with Gasteiger partial charge in [0.2, 0.25) is 0 Å². The first-order chi connectivity index (χ1) is 26.8. The Kier molecular flexibility index (Phi) is 14.0. The topological polar surface area (TPSA) is 185 Å². The summed E-state index contributed by atoms with van der Waals surface area (Å²) in [6.07, 6.45) is 0. The van der Waals surface area contributed by atoms with Crippen molar-refractivity contribution in [3.63, 3.8) is 0 Å². The van der Waals surface area contributed by atoms with E-state index >= 15 is 0 Å². The number of hydrogen-bond acceptors (Lipinski definition) is 10. The van der Waals surface area contributed by atoms with Gasteiger partial charge in [0, 0.05) is 43.1 Å². The third kappa shape index (κ3) is 11.2. The number of carbonyl (C=O) groups is 4. The second kappa shape index (κ2) is 18.8. The Hall–Kier alpha value is -5.58. The summed E-state index contributed by atoms with van der Waals surface area (Å²) in [6, 6.07) is 31.8. The lowest BCUT2D eigenvalue weighted by molar-refractivity contribution is 0.0600. The number of ketones is 1. The summed E-state index contributed by atoms with van der Waals surface area (Å²) < 4.78 is 51.4. The number of sulfone groups is 2. The number of esters is 1. The van der Waals surface area contributed by atoms with Crippen molar-refractivity contribution < 1.29 is 40.8 Å². The fraction of sp³-hybridized carbons (Fsp3) is 0.300. The molecule has 0 spiro atoms. The number of ether oxygens (including phenoxy) is 1. The molecule has 2 N–H and O–H groups in total. The summed E-state index contributed by atoms with van der Waals surface area (Å²) in [5.41, 5.74) is 9.50.